The first-order valence-corrected chi connectivity index (χ1v) is 8.65. The van der Waals surface area contributed by atoms with Crippen molar-refractivity contribution in [2.45, 2.75) is 38.6 Å². The minimum atomic E-state index is -0.0629. The van der Waals surface area contributed by atoms with Gasteiger partial charge in [-0.15, -0.1) is 0 Å². The predicted molar refractivity (Wildman–Crippen MR) is 93.8 cm³/mol. The number of piperidine rings is 1. The summed E-state index contributed by atoms with van der Waals surface area (Å²) in [6.07, 6.45) is 5.18. The Morgan fingerprint density at radius 2 is 2.09 bits per heavy atom. The van der Waals surface area contributed by atoms with E-state index in [2.05, 4.69) is 32.8 Å². The third-order valence-corrected chi connectivity index (χ3v) is 4.18. The molecule has 1 rings (SSSR count). The van der Waals surface area contributed by atoms with Crippen LogP contribution in [0, 0.1) is 0 Å². The van der Waals surface area contributed by atoms with Gasteiger partial charge in [0.25, 0.3) is 0 Å². The van der Waals surface area contributed by atoms with Crippen LogP contribution in [0.2, 0.25) is 0 Å². The van der Waals surface area contributed by atoms with Crippen LogP contribution in [0.3, 0.4) is 0 Å². The molecule has 3 N–H and O–H groups in total. The van der Waals surface area contributed by atoms with E-state index in [1.165, 1.54) is 32.2 Å². The number of nitrogens with zero attached hydrogens (tertiary/aromatic N) is 2. The van der Waals surface area contributed by atoms with E-state index in [-0.39, 0.29) is 12.5 Å². The number of hydrogen-bond donors (Lipinski definition) is 3. The first kappa shape index (κ1) is 19.7. The highest BCUT2D eigenvalue weighted by atomic mass is 16.5. The first-order valence-electron chi connectivity index (χ1n) is 8.65. The molecule has 0 bridgehead atoms. The minimum absolute atomic E-state index is 0.0629. The zero-order chi connectivity index (χ0) is 16.9. The molecule has 0 saturated carbocycles. The number of carbonyl (C=O) groups excluding carboxylic acids is 1. The van der Waals surface area contributed by atoms with Crippen LogP contribution >= 0.6 is 0 Å². The summed E-state index contributed by atoms with van der Waals surface area (Å²) in [5.74, 6) is 0.601. The number of rotatable bonds is 9. The van der Waals surface area contributed by atoms with E-state index in [1.54, 1.807) is 14.2 Å². The lowest BCUT2D eigenvalue weighted by Crippen LogP contribution is -2.47. The van der Waals surface area contributed by atoms with Crippen molar-refractivity contribution in [2.24, 2.45) is 4.99 Å². The number of aliphatic imine (C=N–C) groups is 1. The second-order valence-corrected chi connectivity index (χ2v) is 5.79. The van der Waals surface area contributed by atoms with E-state index in [4.69, 9.17) is 4.74 Å². The van der Waals surface area contributed by atoms with Crippen molar-refractivity contribution in [3.8, 4) is 0 Å². The van der Waals surface area contributed by atoms with Crippen molar-refractivity contribution in [3.63, 3.8) is 0 Å². The quantitative estimate of drug-likeness (QED) is 0.320. The second kappa shape index (κ2) is 12.1. The summed E-state index contributed by atoms with van der Waals surface area (Å²) in [6.45, 7) is 6.56. The maximum Gasteiger partial charge on any atom is 0.239 e. The van der Waals surface area contributed by atoms with Crippen molar-refractivity contribution in [2.75, 3.05) is 53.5 Å². The maximum absolute atomic E-state index is 11.6. The first-order chi connectivity index (χ1) is 11.2. The summed E-state index contributed by atoms with van der Waals surface area (Å²) in [7, 11) is 3.33. The molecule has 1 heterocycles. The number of amides is 1. The Labute approximate surface area is 140 Å². The third-order valence-electron chi connectivity index (χ3n) is 4.18. The van der Waals surface area contributed by atoms with Gasteiger partial charge < -0.3 is 20.7 Å². The van der Waals surface area contributed by atoms with Crippen LogP contribution in [-0.4, -0.2) is 76.3 Å². The van der Waals surface area contributed by atoms with Crippen LogP contribution in [0.5, 0.6) is 0 Å². The van der Waals surface area contributed by atoms with E-state index in [1.807, 2.05) is 0 Å². The van der Waals surface area contributed by atoms with E-state index >= 15 is 0 Å². The lowest BCUT2D eigenvalue weighted by Gasteiger charge is -2.35. The molecule has 1 amide bonds. The Kier molecular flexibility index (Phi) is 10.4. The number of carbonyl (C=O) groups is 1. The maximum atomic E-state index is 11.6. The second-order valence-electron chi connectivity index (χ2n) is 5.79. The largest absolute Gasteiger partial charge is 0.383 e. The standard InChI is InChI=1S/C16H33N5O2/c1-4-14-7-5-6-10-21(14)11-8-19-16(17-2)20-13-15(22)18-9-12-23-3/h14H,4-13H2,1-3H3,(H,18,22)(H2,17,19,20). The molecule has 134 valence electrons. The van der Waals surface area contributed by atoms with Crippen molar-refractivity contribution in [3.05, 3.63) is 0 Å². The lowest BCUT2D eigenvalue weighted by molar-refractivity contribution is -0.120. The number of methoxy groups -OCH3 is 1. The van der Waals surface area contributed by atoms with Gasteiger partial charge in [-0.1, -0.05) is 13.3 Å². The SMILES string of the molecule is CCC1CCCCN1CCNC(=NC)NCC(=O)NCCOC. The fourth-order valence-electron chi connectivity index (χ4n) is 2.87. The molecule has 0 aliphatic carbocycles. The molecule has 1 fully saturated rings. The van der Waals surface area contributed by atoms with E-state index < -0.39 is 0 Å². The molecule has 0 aromatic heterocycles. The van der Waals surface area contributed by atoms with Gasteiger partial charge in [0.2, 0.25) is 5.91 Å². The summed E-state index contributed by atoms with van der Waals surface area (Å²) in [4.78, 5) is 18.3. The van der Waals surface area contributed by atoms with Crippen molar-refractivity contribution in [1.82, 2.24) is 20.9 Å². The van der Waals surface area contributed by atoms with Gasteiger partial charge in [0.05, 0.1) is 13.2 Å². The van der Waals surface area contributed by atoms with Gasteiger partial charge in [-0.3, -0.25) is 14.7 Å². The highest BCUT2D eigenvalue weighted by Gasteiger charge is 2.19. The fourth-order valence-corrected chi connectivity index (χ4v) is 2.87. The van der Waals surface area contributed by atoms with Crippen LogP contribution in [0.15, 0.2) is 4.99 Å². The van der Waals surface area contributed by atoms with E-state index in [0.717, 1.165) is 13.1 Å². The Morgan fingerprint density at radius 3 is 2.78 bits per heavy atom. The van der Waals surface area contributed by atoms with E-state index in [0.29, 0.717) is 25.2 Å². The Bertz CT molecular complexity index is 362. The monoisotopic (exact) mass is 327 g/mol. The summed E-state index contributed by atoms with van der Waals surface area (Å²) in [5, 5.41) is 9.07. The highest BCUT2D eigenvalue weighted by Crippen LogP contribution is 2.18. The molecule has 1 aliphatic heterocycles. The Hall–Kier alpha value is -1.34. The molecule has 7 heteroatoms. The number of guanidine groups is 1. The molecule has 23 heavy (non-hydrogen) atoms. The van der Waals surface area contributed by atoms with Crippen LogP contribution in [0.4, 0.5) is 0 Å². The van der Waals surface area contributed by atoms with Gasteiger partial charge in [0.1, 0.15) is 0 Å². The molecule has 0 aromatic carbocycles. The average Bonchev–Trinajstić information content (AvgIpc) is 2.58. The number of hydrogen-bond acceptors (Lipinski definition) is 4. The van der Waals surface area contributed by atoms with Gasteiger partial charge in [-0.25, -0.2) is 0 Å². The number of likely N-dealkylation sites (tertiary alicyclic amines) is 1. The zero-order valence-corrected chi connectivity index (χ0v) is 14.9. The zero-order valence-electron chi connectivity index (χ0n) is 14.9. The molecule has 0 radical (unpaired) electrons. The summed E-state index contributed by atoms with van der Waals surface area (Å²) in [6, 6.07) is 0.715. The van der Waals surface area contributed by atoms with Crippen LogP contribution in [-0.2, 0) is 9.53 Å². The van der Waals surface area contributed by atoms with Crippen LogP contribution < -0.4 is 16.0 Å². The lowest BCUT2D eigenvalue weighted by atomic mass is 10.0. The molecule has 1 atom stereocenters. The summed E-state index contributed by atoms with van der Waals surface area (Å²) in [5.41, 5.74) is 0. The third kappa shape index (κ3) is 8.18. The summed E-state index contributed by atoms with van der Waals surface area (Å²) < 4.78 is 4.89. The molecule has 1 unspecified atom stereocenters. The van der Waals surface area contributed by atoms with Crippen molar-refractivity contribution < 1.29 is 9.53 Å². The van der Waals surface area contributed by atoms with Crippen LogP contribution in [0.25, 0.3) is 0 Å². The van der Waals surface area contributed by atoms with Gasteiger partial charge in [-0.05, 0) is 25.8 Å². The molecule has 1 saturated heterocycles. The van der Waals surface area contributed by atoms with E-state index in [9.17, 15) is 4.79 Å². The number of ether oxygens (including phenoxy) is 1. The molecule has 0 aromatic rings. The molecular formula is C16H33N5O2. The van der Waals surface area contributed by atoms with Crippen molar-refractivity contribution >= 4 is 11.9 Å². The van der Waals surface area contributed by atoms with Crippen molar-refractivity contribution in [1.29, 1.82) is 0 Å². The fraction of sp³-hybridized carbons (Fsp3) is 0.875. The van der Waals surface area contributed by atoms with Gasteiger partial charge in [0, 0.05) is 39.8 Å². The molecule has 0 spiro atoms. The average molecular weight is 327 g/mol. The Balaban J connectivity index is 2.19. The Morgan fingerprint density at radius 1 is 1.26 bits per heavy atom. The smallest absolute Gasteiger partial charge is 0.239 e. The topological polar surface area (TPSA) is 78.0 Å². The van der Waals surface area contributed by atoms with Gasteiger partial charge in [-0.2, -0.15) is 0 Å². The molecule has 7 nitrogen and oxygen atoms in total. The van der Waals surface area contributed by atoms with Gasteiger partial charge >= 0.3 is 0 Å². The molecular weight excluding hydrogens is 294 g/mol. The minimum Gasteiger partial charge on any atom is -0.383 e. The van der Waals surface area contributed by atoms with Gasteiger partial charge in [0.15, 0.2) is 5.96 Å². The predicted octanol–water partition coefficient (Wildman–Crippen LogP) is 0.179. The summed E-state index contributed by atoms with van der Waals surface area (Å²) >= 11 is 0. The molecule has 1 aliphatic rings. The highest BCUT2D eigenvalue weighted by molar-refractivity contribution is 5.86. The van der Waals surface area contributed by atoms with Crippen LogP contribution in [0.1, 0.15) is 32.6 Å². The number of nitrogens with one attached hydrogen (secondary N) is 3. The normalized spacial score (nSPS) is 19.4.